The number of aromatic nitrogens is 2. The number of nitrogens with two attached hydrogens (primary N) is 1. The minimum Gasteiger partial charge on any atom is -0.481 e. The first-order chi connectivity index (χ1) is 12.6. The van der Waals surface area contributed by atoms with Crippen molar-refractivity contribution in [3.05, 3.63) is 39.7 Å². The molecule has 0 aromatic carbocycles. The van der Waals surface area contributed by atoms with Crippen LogP contribution in [0.5, 0.6) is 5.88 Å². The lowest BCUT2D eigenvalue weighted by Crippen LogP contribution is -2.39. The van der Waals surface area contributed by atoms with Gasteiger partial charge in [-0.25, -0.2) is 28.1 Å². The molecule has 0 amide bonds. The van der Waals surface area contributed by atoms with Crippen LogP contribution >= 0.6 is 11.6 Å². The van der Waals surface area contributed by atoms with Gasteiger partial charge < -0.3 is 15.2 Å². The molecule has 1 unspecified atom stereocenters. The van der Waals surface area contributed by atoms with Gasteiger partial charge >= 0.3 is 5.97 Å². The van der Waals surface area contributed by atoms with Crippen molar-refractivity contribution in [1.82, 2.24) is 9.97 Å². The topological polar surface area (TPSA) is 162 Å². The largest absolute Gasteiger partial charge is 0.481 e. The van der Waals surface area contributed by atoms with Gasteiger partial charge in [0.2, 0.25) is 21.9 Å². The molecule has 2 rings (SSSR count). The SMILES string of the molecule is CCC1=CC(C(=O)O)=C(Nc2nc(Cl)cc(OC)n2)C(S(N)(=O)=O)C1=C=O. The number of sulfonamides is 1. The normalized spacial score (nSPS) is 17.3. The molecule has 1 aliphatic carbocycles. The standard InChI is InChI=1S/C15H15ClN4O6S/c1-3-7-4-8(14(22)23)12(13(9(7)6-21)27(17,24)25)20-15-18-10(16)5-11(19-15)26-2/h4-5,13H,3H2,1-2H3,(H,22,23)(H2,17,24,25)(H,18,19,20). The van der Waals surface area contributed by atoms with Gasteiger partial charge in [0.05, 0.1) is 24.0 Å². The maximum Gasteiger partial charge on any atom is 0.337 e. The van der Waals surface area contributed by atoms with E-state index in [4.69, 9.17) is 21.5 Å². The van der Waals surface area contributed by atoms with Crippen molar-refractivity contribution in [3.8, 4) is 5.88 Å². The minimum atomic E-state index is -4.44. The van der Waals surface area contributed by atoms with Crippen molar-refractivity contribution in [2.75, 3.05) is 12.4 Å². The van der Waals surface area contributed by atoms with Gasteiger partial charge in [-0.3, -0.25) is 0 Å². The summed E-state index contributed by atoms with van der Waals surface area (Å²) in [6, 6.07) is 1.29. The lowest BCUT2D eigenvalue weighted by molar-refractivity contribution is -0.132. The number of anilines is 1. The van der Waals surface area contributed by atoms with Crippen LogP contribution in [0.25, 0.3) is 0 Å². The van der Waals surface area contributed by atoms with Crippen LogP contribution in [-0.2, 0) is 19.6 Å². The number of hydrogen-bond donors (Lipinski definition) is 3. The van der Waals surface area contributed by atoms with Gasteiger partial charge in [-0.05, 0) is 18.1 Å². The van der Waals surface area contributed by atoms with Gasteiger partial charge in [-0.15, -0.1) is 0 Å². The van der Waals surface area contributed by atoms with Crippen LogP contribution in [0.4, 0.5) is 5.95 Å². The maximum atomic E-state index is 12.2. The van der Waals surface area contributed by atoms with E-state index in [1.807, 2.05) is 0 Å². The zero-order valence-corrected chi connectivity index (χ0v) is 15.8. The van der Waals surface area contributed by atoms with Crippen molar-refractivity contribution in [1.29, 1.82) is 0 Å². The Balaban J connectivity index is 2.75. The number of carboxylic acids is 1. The Hall–Kier alpha value is -2.72. The fourth-order valence-corrected chi connectivity index (χ4v) is 3.73. The monoisotopic (exact) mass is 414 g/mol. The predicted molar refractivity (Wildman–Crippen MR) is 96.4 cm³/mol. The molecule has 0 saturated heterocycles. The quantitative estimate of drug-likeness (QED) is 0.448. The van der Waals surface area contributed by atoms with Crippen LogP contribution in [0.2, 0.25) is 5.15 Å². The van der Waals surface area contributed by atoms with Crippen LogP contribution < -0.4 is 15.2 Å². The van der Waals surface area contributed by atoms with Gasteiger partial charge in [-0.1, -0.05) is 18.5 Å². The minimum absolute atomic E-state index is 0.0410. The number of allylic oxidation sites excluding steroid dienone is 1. The molecule has 0 spiro atoms. The van der Waals surface area contributed by atoms with E-state index < -0.39 is 32.5 Å². The molecule has 0 aliphatic heterocycles. The zero-order chi connectivity index (χ0) is 20.4. The van der Waals surface area contributed by atoms with Gasteiger partial charge in [0.25, 0.3) is 0 Å². The van der Waals surface area contributed by atoms with E-state index in [0.717, 1.165) is 0 Å². The first-order valence-electron chi connectivity index (χ1n) is 7.43. The Kier molecular flexibility index (Phi) is 6.01. The number of carboxylic acid groups (broad SMARTS) is 1. The lowest BCUT2D eigenvalue weighted by Gasteiger charge is -2.26. The molecule has 0 radical (unpaired) electrons. The molecule has 1 aromatic rings. The molecule has 1 atom stereocenters. The average molecular weight is 415 g/mol. The van der Waals surface area contributed by atoms with Crippen molar-refractivity contribution < 1.29 is 27.9 Å². The highest BCUT2D eigenvalue weighted by atomic mass is 35.5. The van der Waals surface area contributed by atoms with Crippen molar-refractivity contribution >= 4 is 39.5 Å². The second-order valence-corrected chi connectivity index (χ2v) is 7.36. The van der Waals surface area contributed by atoms with Gasteiger partial charge in [0, 0.05) is 6.07 Å². The number of methoxy groups -OCH3 is 1. The second kappa shape index (κ2) is 7.89. The summed E-state index contributed by atoms with van der Waals surface area (Å²) in [6.45, 7) is 1.63. The second-order valence-electron chi connectivity index (χ2n) is 5.32. The summed E-state index contributed by atoms with van der Waals surface area (Å²) in [5, 5.41) is 15.5. The molecule has 1 aromatic heterocycles. The highest BCUT2D eigenvalue weighted by molar-refractivity contribution is 7.90. The number of nitrogens with zero attached hydrogens (tertiary/aromatic N) is 2. The molecular weight excluding hydrogens is 400 g/mol. The van der Waals surface area contributed by atoms with Crippen LogP contribution in [0.1, 0.15) is 13.3 Å². The molecule has 0 fully saturated rings. The first-order valence-corrected chi connectivity index (χ1v) is 9.41. The van der Waals surface area contributed by atoms with Gasteiger partial charge in [-0.2, -0.15) is 4.98 Å². The maximum absolute atomic E-state index is 12.2. The summed E-state index contributed by atoms with van der Waals surface area (Å²) >= 11 is 5.85. The number of halogens is 1. The van der Waals surface area contributed by atoms with Crippen LogP contribution in [0, 0.1) is 0 Å². The molecule has 0 saturated carbocycles. The lowest BCUT2D eigenvalue weighted by atomic mass is 9.90. The molecular formula is C15H15ClN4O6S. The van der Waals surface area contributed by atoms with E-state index in [1.165, 1.54) is 19.3 Å². The summed E-state index contributed by atoms with van der Waals surface area (Å²) in [7, 11) is -3.11. The molecule has 144 valence electrons. The van der Waals surface area contributed by atoms with Crippen molar-refractivity contribution in [2.45, 2.75) is 18.6 Å². The number of primary sulfonamides is 1. The van der Waals surface area contributed by atoms with E-state index in [9.17, 15) is 23.1 Å². The third-order valence-corrected chi connectivity index (χ3v) is 4.98. The number of hydrogen-bond acceptors (Lipinski definition) is 8. The highest BCUT2D eigenvalue weighted by Crippen LogP contribution is 2.34. The average Bonchev–Trinajstić information content (AvgIpc) is 2.58. The third-order valence-electron chi connectivity index (χ3n) is 3.66. The van der Waals surface area contributed by atoms with Gasteiger partial charge in [0.15, 0.2) is 5.25 Å². The number of carbonyl (C=O) groups is 1. The van der Waals surface area contributed by atoms with E-state index in [1.54, 1.807) is 12.9 Å². The van der Waals surface area contributed by atoms with Crippen molar-refractivity contribution in [2.24, 2.45) is 5.14 Å². The number of rotatable bonds is 6. The third kappa shape index (κ3) is 4.34. The Morgan fingerprint density at radius 3 is 2.63 bits per heavy atom. The first kappa shape index (κ1) is 20.6. The molecule has 12 heteroatoms. The fourth-order valence-electron chi connectivity index (χ4n) is 2.51. The summed E-state index contributed by atoms with van der Waals surface area (Å²) in [5.41, 5.74) is -0.907. The highest BCUT2D eigenvalue weighted by Gasteiger charge is 2.39. The van der Waals surface area contributed by atoms with Crippen LogP contribution in [0.15, 0.2) is 34.6 Å². The number of aliphatic carboxylic acids is 1. The van der Waals surface area contributed by atoms with Crippen LogP contribution in [-0.4, -0.2) is 47.8 Å². The molecule has 4 N–H and O–H groups in total. The number of nitrogens with one attached hydrogen (secondary N) is 1. The summed E-state index contributed by atoms with van der Waals surface area (Å²) < 4.78 is 29.3. The van der Waals surface area contributed by atoms with E-state index in [2.05, 4.69) is 15.3 Å². The van der Waals surface area contributed by atoms with Crippen LogP contribution in [0.3, 0.4) is 0 Å². The summed E-state index contributed by atoms with van der Waals surface area (Å²) in [4.78, 5) is 30.9. The summed E-state index contributed by atoms with van der Waals surface area (Å²) in [5.74, 6) is -0.0688. The molecule has 0 bridgehead atoms. The van der Waals surface area contributed by atoms with E-state index in [-0.39, 0.29) is 34.5 Å². The Bertz CT molecular complexity index is 1010. The van der Waals surface area contributed by atoms with E-state index in [0.29, 0.717) is 0 Å². The molecule has 27 heavy (non-hydrogen) atoms. The van der Waals surface area contributed by atoms with Gasteiger partial charge in [0.1, 0.15) is 11.1 Å². The number of ether oxygens (including phenoxy) is 1. The summed E-state index contributed by atoms with van der Waals surface area (Å²) in [6.07, 6.45) is 1.37. The smallest absolute Gasteiger partial charge is 0.337 e. The Morgan fingerprint density at radius 1 is 1.48 bits per heavy atom. The molecule has 10 nitrogen and oxygen atoms in total. The van der Waals surface area contributed by atoms with Crippen molar-refractivity contribution in [3.63, 3.8) is 0 Å². The number of carbonyl (C=O) groups excluding carboxylic acids is 1. The zero-order valence-electron chi connectivity index (χ0n) is 14.2. The predicted octanol–water partition coefficient (Wildman–Crippen LogP) is 0.654. The Morgan fingerprint density at radius 2 is 2.15 bits per heavy atom. The molecule has 1 aliphatic rings. The fraction of sp³-hybridized carbons (Fsp3) is 0.267. The molecule has 1 heterocycles. The van der Waals surface area contributed by atoms with E-state index >= 15 is 0 Å². The Labute approximate surface area is 159 Å².